The van der Waals surface area contributed by atoms with Crippen molar-refractivity contribution in [1.29, 1.82) is 0 Å². The van der Waals surface area contributed by atoms with Gasteiger partial charge in [-0.2, -0.15) is 0 Å². The van der Waals surface area contributed by atoms with Gasteiger partial charge in [-0.05, 0) is 31.4 Å². The van der Waals surface area contributed by atoms with Crippen LogP contribution in [0, 0.1) is 5.41 Å². The minimum atomic E-state index is -0.975. The molecule has 0 aromatic heterocycles. The summed E-state index contributed by atoms with van der Waals surface area (Å²) in [6.45, 7) is 7.98. The molecule has 0 spiro atoms. The summed E-state index contributed by atoms with van der Waals surface area (Å²) in [7, 11) is 0. The van der Waals surface area contributed by atoms with Crippen LogP contribution in [0.4, 0.5) is 0 Å². The lowest BCUT2D eigenvalue weighted by molar-refractivity contribution is -0.139. The number of rotatable bonds is 10. The van der Waals surface area contributed by atoms with Gasteiger partial charge in [0.05, 0.1) is 34.7 Å². The highest BCUT2D eigenvalue weighted by Crippen LogP contribution is 2.44. The van der Waals surface area contributed by atoms with E-state index in [0.717, 1.165) is 46.9 Å². The number of carboxylic acids is 1. The van der Waals surface area contributed by atoms with Crippen LogP contribution < -0.4 is 5.32 Å². The Morgan fingerprint density at radius 3 is 2.78 bits per heavy atom. The fourth-order valence-corrected chi connectivity index (χ4v) is 8.59. The Kier molecular flexibility index (Phi) is 8.71. The second-order valence-electron chi connectivity index (χ2n) is 10.5. The van der Waals surface area contributed by atoms with Crippen molar-refractivity contribution in [1.82, 2.24) is 5.32 Å². The van der Waals surface area contributed by atoms with Crippen LogP contribution in [0.25, 0.3) is 0 Å². The van der Waals surface area contributed by atoms with Crippen molar-refractivity contribution in [3.63, 3.8) is 0 Å². The molecule has 3 aliphatic rings. The standard InChI is InChI=1S/C26H37N3O4S3/c1-5-6-7-9-15-10-8-11-18(30)19(15)22-29-17(13-35-22)21-28-16(12-34-21)20(31)25(2,3)23-27-14-26(4,36-23)24(32)33/h8,10-11,16-17,20-21,28,30-31H,5-7,9,12-14H2,1-4H3,(H,32,33)/t16-,17+,20+,21+,26-/m0/s1. The first-order valence-corrected chi connectivity index (χ1v) is 15.5. The Morgan fingerprint density at radius 1 is 1.31 bits per heavy atom. The maximum absolute atomic E-state index is 11.6. The van der Waals surface area contributed by atoms with Crippen LogP contribution in [-0.4, -0.2) is 77.7 Å². The zero-order valence-corrected chi connectivity index (χ0v) is 23.8. The van der Waals surface area contributed by atoms with Gasteiger partial charge in [-0.15, -0.1) is 23.5 Å². The molecule has 3 aliphatic heterocycles. The van der Waals surface area contributed by atoms with Crippen LogP contribution in [0.15, 0.2) is 28.2 Å². The number of aliphatic hydroxyl groups is 1. The number of thioether (sulfide) groups is 3. The zero-order chi connectivity index (χ0) is 26.1. The second-order valence-corrected chi connectivity index (χ2v) is 14.2. The molecule has 0 radical (unpaired) electrons. The third-order valence-electron chi connectivity index (χ3n) is 7.22. The highest BCUT2D eigenvalue weighted by Gasteiger charge is 2.49. The molecule has 0 amide bonds. The average molecular weight is 552 g/mol. The zero-order valence-electron chi connectivity index (χ0n) is 21.4. The van der Waals surface area contributed by atoms with Crippen molar-refractivity contribution in [2.24, 2.45) is 15.4 Å². The Balaban J connectivity index is 1.42. The molecular weight excluding hydrogens is 515 g/mol. The molecule has 4 rings (SSSR count). The van der Waals surface area contributed by atoms with Crippen LogP contribution in [0.5, 0.6) is 5.75 Å². The number of benzene rings is 1. The first-order valence-electron chi connectivity index (χ1n) is 12.6. The van der Waals surface area contributed by atoms with E-state index in [0.29, 0.717) is 10.8 Å². The van der Waals surface area contributed by atoms with Gasteiger partial charge in [0.1, 0.15) is 15.5 Å². The third-order valence-corrected chi connectivity index (χ3v) is 11.3. The van der Waals surface area contributed by atoms with Crippen LogP contribution in [0.2, 0.25) is 0 Å². The maximum atomic E-state index is 11.6. The van der Waals surface area contributed by atoms with E-state index in [1.165, 1.54) is 18.2 Å². The predicted octanol–water partition coefficient (Wildman–Crippen LogP) is 4.39. The average Bonchev–Trinajstić information content (AvgIpc) is 3.59. The highest BCUT2D eigenvalue weighted by molar-refractivity contribution is 8.16. The Hall–Kier alpha value is -1.20. The van der Waals surface area contributed by atoms with Crippen molar-refractivity contribution >= 4 is 51.3 Å². The van der Waals surface area contributed by atoms with Gasteiger partial charge >= 0.3 is 5.97 Å². The van der Waals surface area contributed by atoms with Gasteiger partial charge < -0.3 is 15.3 Å². The molecule has 0 unspecified atom stereocenters. The number of unbranched alkanes of at least 4 members (excludes halogenated alkanes) is 2. The number of aliphatic hydroxyl groups excluding tert-OH is 1. The second kappa shape index (κ2) is 11.3. The first kappa shape index (κ1) is 27.8. The number of hydrogen-bond acceptors (Lipinski definition) is 9. The van der Waals surface area contributed by atoms with E-state index < -0.39 is 22.2 Å². The molecule has 0 saturated carbocycles. The van der Waals surface area contributed by atoms with Crippen molar-refractivity contribution in [3.05, 3.63) is 29.3 Å². The molecule has 5 atom stereocenters. The Morgan fingerprint density at radius 2 is 2.08 bits per heavy atom. The summed E-state index contributed by atoms with van der Waals surface area (Å²) in [5, 5.41) is 36.8. The van der Waals surface area contributed by atoms with Gasteiger partial charge in [-0.25, -0.2) is 0 Å². The van der Waals surface area contributed by atoms with Crippen LogP contribution in [0.1, 0.15) is 58.1 Å². The molecule has 7 nitrogen and oxygen atoms in total. The Labute approximate surface area is 226 Å². The number of aliphatic imine (C=N–C) groups is 2. The summed E-state index contributed by atoms with van der Waals surface area (Å²) in [4.78, 5) is 21.2. The fourth-order valence-electron chi connectivity index (χ4n) is 4.78. The molecule has 4 N–H and O–H groups in total. The number of carboxylic acid groups (broad SMARTS) is 1. The molecular formula is C26H37N3O4S3. The highest BCUT2D eigenvalue weighted by atomic mass is 32.2. The van der Waals surface area contributed by atoms with Crippen molar-refractivity contribution < 1.29 is 20.1 Å². The number of carbonyl (C=O) groups is 1. The quantitative estimate of drug-likeness (QED) is 0.317. The molecule has 10 heteroatoms. The van der Waals surface area contributed by atoms with E-state index in [2.05, 4.69) is 23.3 Å². The van der Waals surface area contributed by atoms with E-state index >= 15 is 0 Å². The van der Waals surface area contributed by atoms with Gasteiger partial charge in [-0.3, -0.25) is 20.1 Å². The van der Waals surface area contributed by atoms with Gasteiger partial charge in [0, 0.05) is 23.0 Å². The van der Waals surface area contributed by atoms with Gasteiger partial charge in [0.25, 0.3) is 0 Å². The molecule has 1 aromatic carbocycles. The lowest BCUT2D eigenvalue weighted by Crippen LogP contribution is -2.51. The van der Waals surface area contributed by atoms with Crippen molar-refractivity contribution in [2.75, 3.05) is 18.1 Å². The van der Waals surface area contributed by atoms with Crippen molar-refractivity contribution in [2.45, 2.75) is 81.7 Å². The van der Waals surface area contributed by atoms with Crippen LogP contribution in [-0.2, 0) is 11.2 Å². The van der Waals surface area contributed by atoms with E-state index in [1.54, 1.807) is 36.5 Å². The smallest absolute Gasteiger partial charge is 0.321 e. The number of phenolic OH excluding ortho intramolecular Hbond substituents is 1. The number of nitrogens with one attached hydrogen (secondary N) is 1. The summed E-state index contributed by atoms with van der Waals surface area (Å²) >= 11 is 4.71. The molecule has 0 bridgehead atoms. The van der Waals surface area contributed by atoms with Crippen LogP contribution in [0.3, 0.4) is 0 Å². The van der Waals surface area contributed by atoms with Gasteiger partial charge in [0.15, 0.2) is 0 Å². The summed E-state index contributed by atoms with van der Waals surface area (Å²) in [6.07, 6.45) is 3.65. The van der Waals surface area contributed by atoms with E-state index in [4.69, 9.17) is 4.99 Å². The number of aromatic hydroxyl groups is 1. The molecule has 198 valence electrons. The lowest BCUT2D eigenvalue weighted by atomic mass is 9.83. The van der Waals surface area contributed by atoms with Gasteiger partial charge in [-0.1, -0.05) is 57.5 Å². The lowest BCUT2D eigenvalue weighted by Gasteiger charge is -2.35. The summed E-state index contributed by atoms with van der Waals surface area (Å²) < 4.78 is -0.975. The van der Waals surface area contributed by atoms with Crippen LogP contribution >= 0.6 is 35.3 Å². The summed E-state index contributed by atoms with van der Waals surface area (Å²) in [5.41, 5.74) is 1.37. The Bertz CT molecular complexity index is 1050. The molecule has 1 saturated heterocycles. The van der Waals surface area contributed by atoms with E-state index in [-0.39, 0.29) is 24.0 Å². The molecule has 1 aromatic rings. The topological polar surface area (TPSA) is 115 Å². The number of aliphatic carboxylic acids is 1. The third kappa shape index (κ3) is 5.62. The fraction of sp³-hybridized carbons (Fsp3) is 0.654. The van der Waals surface area contributed by atoms with E-state index in [1.807, 2.05) is 19.9 Å². The summed E-state index contributed by atoms with van der Waals surface area (Å²) in [5.74, 6) is 0.987. The largest absolute Gasteiger partial charge is 0.507 e. The number of nitrogens with zero attached hydrogens (tertiary/aromatic N) is 2. The maximum Gasteiger partial charge on any atom is 0.321 e. The monoisotopic (exact) mass is 551 g/mol. The normalized spacial score (nSPS) is 29.3. The molecule has 1 fully saturated rings. The molecule has 3 heterocycles. The van der Waals surface area contributed by atoms with E-state index in [9.17, 15) is 20.1 Å². The first-order chi connectivity index (χ1) is 17.1. The number of phenols is 1. The SMILES string of the molecule is CCCCCc1cccc(O)c1C1=N[C@@H]([C@@H]2N[C@H]([C@@H](O)C(C)(C)C3=NC[C@@](C)(C(=O)O)S3)CS2)CS1. The number of hydrogen-bond donors (Lipinski definition) is 4. The minimum absolute atomic E-state index is 0.0481. The predicted molar refractivity (Wildman–Crippen MR) is 153 cm³/mol. The summed E-state index contributed by atoms with van der Waals surface area (Å²) in [6, 6.07) is 5.65. The minimum Gasteiger partial charge on any atom is -0.507 e. The molecule has 36 heavy (non-hydrogen) atoms. The van der Waals surface area contributed by atoms with Gasteiger partial charge in [0.2, 0.25) is 0 Å². The van der Waals surface area contributed by atoms with Crippen molar-refractivity contribution in [3.8, 4) is 5.75 Å². The number of aryl methyl sites for hydroxylation is 1. The molecule has 0 aliphatic carbocycles.